The van der Waals surface area contributed by atoms with E-state index in [0.717, 1.165) is 18.5 Å². The van der Waals surface area contributed by atoms with Crippen LogP contribution in [0.3, 0.4) is 0 Å². The molecule has 0 aromatic carbocycles. The maximum atomic E-state index is 4.42. The third-order valence-electron chi connectivity index (χ3n) is 3.48. The van der Waals surface area contributed by atoms with E-state index in [1.54, 1.807) is 0 Å². The predicted molar refractivity (Wildman–Crippen MR) is 78.5 cm³/mol. The smallest absolute Gasteiger partial charge is 0.0709 e. The second kappa shape index (κ2) is 5.46. The van der Waals surface area contributed by atoms with Gasteiger partial charge in [-0.15, -0.1) is 0 Å². The molecule has 0 aliphatic rings. The van der Waals surface area contributed by atoms with E-state index in [1.165, 1.54) is 11.1 Å². The number of rotatable bonds is 5. The standard InChI is InChI=1S/C15H19N5/c1-3-16-14(8-12-9-17-19(2)11-12)13-10-18-20-7-5-4-6-15(13)20/h4-7,9-11,14,16H,3,8H2,1-2H3. The van der Waals surface area contributed by atoms with Crippen LogP contribution in [0.15, 0.2) is 43.0 Å². The first-order valence-electron chi connectivity index (χ1n) is 6.91. The van der Waals surface area contributed by atoms with Crippen LogP contribution in [-0.2, 0) is 13.5 Å². The van der Waals surface area contributed by atoms with Crippen LogP contribution < -0.4 is 5.32 Å². The van der Waals surface area contributed by atoms with E-state index in [-0.39, 0.29) is 6.04 Å². The minimum absolute atomic E-state index is 0.254. The van der Waals surface area contributed by atoms with Crippen molar-refractivity contribution >= 4 is 5.52 Å². The van der Waals surface area contributed by atoms with E-state index >= 15 is 0 Å². The Kier molecular flexibility index (Phi) is 3.52. The maximum Gasteiger partial charge on any atom is 0.0709 e. The molecular formula is C15H19N5. The molecule has 0 saturated heterocycles. The van der Waals surface area contributed by atoms with Gasteiger partial charge < -0.3 is 5.32 Å². The molecular weight excluding hydrogens is 250 g/mol. The number of fused-ring (bicyclic) bond motifs is 1. The lowest BCUT2D eigenvalue weighted by atomic mass is 10.0. The van der Waals surface area contributed by atoms with Crippen molar-refractivity contribution in [2.75, 3.05) is 6.54 Å². The molecule has 3 aromatic heterocycles. The Hall–Kier alpha value is -2.14. The van der Waals surface area contributed by atoms with Gasteiger partial charge in [-0.05, 0) is 30.7 Å². The zero-order chi connectivity index (χ0) is 13.9. The Morgan fingerprint density at radius 3 is 2.90 bits per heavy atom. The lowest BCUT2D eigenvalue weighted by Gasteiger charge is -2.16. The minimum Gasteiger partial charge on any atom is -0.310 e. The van der Waals surface area contributed by atoms with Crippen molar-refractivity contribution in [3.8, 4) is 0 Å². The number of aromatic nitrogens is 4. The molecule has 3 rings (SSSR count). The summed E-state index contributed by atoms with van der Waals surface area (Å²) >= 11 is 0. The molecule has 1 atom stereocenters. The summed E-state index contributed by atoms with van der Waals surface area (Å²) < 4.78 is 3.76. The molecule has 0 radical (unpaired) electrons. The number of aryl methyl sites for hydroxylation is 1. The average molecular weight is 269 g/mol. The SMILES string of the molecule is CCNC(Cc1cnn(C)c1)c1cnn2ccccc12. The lowest BCUT2D eigenvalue weighted by molar-refractivity contribution is 0.553. The third kappa shape index (κ3) is 2.44. The molecule has 104 valence electrons. The molecule has 0 saturated carbocycles. The van der Waals surface area contributed by atoms with Gasteiger partial charge in [0.25, 0.3) is 0 Å². The monoisotopic (exact) mass is 269 g/mol. The van der Waals surface area contributed by atoms with Crippen molar-refractivity contribution < 1.29 is 0 Å². The Morgan fingerprint density at radius 1 is 1.25 bits per heavy atom. The lowest BCUT2D eigenvalue weighted by Crippen LogP contribution is -2.22. The van der Waals surface area contributed by atoms with Crippen LogP contribution in [0, 0.1) is 0 Å². The van der Waals surface area contributed by atoms with Crippen molar-refractivity contribution in [2.45, 2.75) is 19.4 Å². The zero-order valence-electron chi connectivity index (χ0n) is 11.8. The van der Waals surface area contributed by atoms with E-state index in [1.807, 2.05) is 47.0 Å². The first-order chi connectivity index (χ1) is 9.78. The first kappa shape index (κ1) is 12.9. The van der Waals surface area contributed by atoms with Gasteiger partial charge in [0.2, 0.25) is 0 Å². The average Bonchev–Trinajstić information content (AvgIpc) is 3.04. The molecule has 1 N–H and O–H groups in total. The summed E-state index contributed by atoms with van der Waals surface area (Å²) in [7, 11) is 1.95. The van der Waals surface area contributed by atoms with E-state index in [2.05, 4.69) is 34.7 Å². The molecule has 0 bridgehead atoms. The summed E-state index contributed by atoms with van der Waals surface area (Å²) in [6.45, 7) is 3.05. The first-order valence-corrected chi connectivity index (χ1v) is 6.91. The Morgan fingerprint density at radius 2 is 2.15 bits per heavy atom. The zero-order valence-corrected chi connectivity index (χ0v) is 11.8. The molecule has 20 heavy (non-hydrogen) atoms. The van der Waals surface area contributed by atoms with Crippen LogP contribution in [0.1, 0.15) is 24.1 Å². The van der Waals surface area contributed by atoms with Crippen molar-refractivity contribution in [3.05, 3.63) is 54.1 Å². The fourth-order valence-electron chi connectivity index (χ4n) is 2.57. The number of nitrogens with one attached hydrogen (secondary N) is 1. The molecule has 3 heterocycles. The molecule has 0 spiro atoms. The number of likely N-dealkylation sites (N-methyl/N-ethyl adjacent to an activating group) is 1. The fraction of sp³-hybridized carbons (Fsp3) is 0.333. The van der Waals surface area contributed by atoms with E-state index in [0.29, 0.717) is 0 Å². The second-order valence-electron chi connectivity index (χ2n) is 4.97. The molecule has 5 heteroatoms. The molecule has 0 amide bonds. The van der Waals surface area contributed by atoms with Crippen LogP contribution >= 0.6 is 0 Å². The third-order valence-corrected chi connectivity index (χ3v) is 3.48. The highest BCUT2D eigenvalue weighted by molar-refractivity contribution is 5.55. The molecule has 0 aliphatic carbocycles. The summed E-state index contributed by atoms with van der Waals surface area (Å²) in [4.78, 5) is 0. The van der Waals surface area contributed by atoms with Gasteiger partial charge in [0.05, 0.1) is 17.9 Å². The van der Waals surface area contributed by atoms with Gasteiger partial charge in [0, 0.05) is 31.0 Å². The maximum absolute atomic E-state index is 4.42. The molecule has 0 fully saturated rings. The molecule has 1 unspecified atom stereocenters. The van der Waals surface area contributed by atoms with Gasteiger partial charge >= 0.3 is 0 Å². The van der Waals surface area contributed by atoms with E-state index in [9.17, 15) is 0 Å². The van der Waals surface area contributed by atoms with Crippen LogP contribution in [0.25, 0.3) is 5.52 Å². The second-order valence-corrected chi connectivity index (χ2v) is 4.97. The topological polar surface area (TPSA) is 47.2 Å². The molecule has 3 aromatic rings. The number of hydrogen-bond donors (Lipinski definition) is 1. The highest BCUT2D eigenvalue weighted by Crippen LogP contribution is 2.22. The number of pyridine rings is 1. The van der Waals surface area contributed by atoms with Crippen molar-refractivity contribution in [1.82, 2.24) is 24.7 Å². The summed E-state index contributed by atoms with van der Waals surface area (Å²) in [6, 6.07) is 6.40. The number of nitrogens with zero attached hydrogens (tertiary/aromatic N) is 4. The Bertz CT molecular complexity index is 697. The normalized spacial score (nSPS) is 12.9. The highest BCUT2D eigenvalue weighted by atomic mass is 15.2. The summed E-state index contributed by atoms with van der Waals surface area (Å²) in [5.41, 5.74) is 3.62. The molecule has 5 nitrogen and oxygen atoms in total. The van der Waals surface area contributed by atoms with Crippen molar-refractivity contribution in [3.63, 3.8) is 0 Å². The summed E-state index contributed by atoms with van der Waals surface area (Å²) in [5, 5.41) is 12.2. The van der Waals surface area contributed by atoms with Gasteiger partial charge in [0.15, 0.2) is 0 Å². The van der Waals surface area contributed by atoms with Crippen molar-refractivity contribution in [2.24, 2.45) is 7.05 Å². The van der Waals surface area contributed by atoms with Crippen LogP contribution in [0.5, 0.6) is 0 Å². The minimum atomic E-state index is 0.254. The largest absolute Gasteiger partial charge is 0.310 e. The summed E-state index contributed by atoms with van der Waals surface area (Å²) in [5.74, 6) is 0. The van der Waals surface area contributed by atoms with Crippen LogP contribution in [-0.4, -0.2) is 25.9 Å². The fourth-order valence-corrected chi connectivity index (χ4v) is 2.57. The number of hydrogen-bond acceptors (Lipinski definition) is 3. The highest BCUT2D eigenvalue weighted by Gasteiger charge is 2.16. The van der Waals surface area contributed by atoms with Gasteiger partial charge in [0.1, 0.15) is 0 Å². The van der Waals surface area contributed by atoms with E-state index < -0.39 is 0 Å². The van der Waals surface area contributed by atoms with Gasteiger partial charge in [-0.2, -0.15) is 10.2 Å². The van der Waals surface area contributed by atoms with Crippen molar-refractivity contribution in [1.29, 1.82) is 0 Å². The van der Waals surface area contributed by atoms with Crippen LogP contribution in [0.2, 0.25) is 0 Å². The van der Waals surface area contributed by atoms with Gasteiger partial charge in [-0.3, -0.25) is 4.68 Å². The van der Waals surface area contributed by atoms with Crippen LogP contribution in [0.4, 0.5) is 0 Å². The molecule has 0 aliphatic heterocycles. The van der Waals surface area contributed by atoms with Gasteiger partial charge in [-0.1, -0.05) is 13.0 Å². The van der Waals surface area contributed by atoms with E-state index in [4.69, 9.17) is 0 Å². The van der Waals surface area contributed by atoms with Gasteiger partial charge in [-0.25, -0.2) is 4.52 Å². The Labute approximate surface area is 118 Å². The summed E-state index contributed by atoms with van der Waals surface area (Å²) in [6.07, 6.45) is 8.84. The predicted octanol–water partition coefficient (Wildman–Crippen LogP) is 1.96. The quantitative estimate of drug-likeness (QED) is 0.770. The Balaban J connectivity index is 1.93.